The van der Waals surface area contributed by atoms with E-state index in [1.165, 1.54) is 0 Å². The second kappa shape index (κ2) is 7.39. The average Bonchev–Trinajstić information content (AvgIpc) is 2.98. The first-order chi connectivity index (χ1) is 9.74. The van der Waals surface area contributed by atoms with Crippen molar-refractivity contribution in [1.82, 2.24) is 9.88 Å². The number of rotatable bonds is 3. The smallest absolute Gasteiger partial charge is 0.209 e. The molecule has 0 radical (unpaired) electrons. The van der Waals surface area contributed by atoms with Crippen LogP contribution in [0.2, 0.25) is 10.0 Å². The summed E-state index contributed by atoms with van der Waals surface area (Å²) in [5.74, 6) is 0. The summed E-state index contributed by atoms with van der Waals surface area (Å²) >= 11 is 14.0. The molecule has 0 saturated heterocycles. The van der Waals surface area contributed by atoms with E-state index in [4.69, 9.17) is 23.2 Å². The Morgan fingerprint density at radius 2 is 2.05 bits per heavy atom. The van der Waals surface area contributed by atoms with Gasteiger partial charge in [-0.15, -0.1) is 11.3 Å². The Morgan fingerprint density at radius 1 is 1.29 bits per heavy atom. The molecule has 1 aromatic carbocycles. The molecule has 1 aliphatic heterocycles. The lowest BCUT2D eigenvalue weighted by Crippen LogP contribution is -3.00. The Labute approximate surface area is 148 Å². The summed E-state index contributed by atoms with van der Waals surface area (Å²) in [6.45, 7) is 1.42. The standard InChI is InChI=1S/C15H11Cl2N2S.BrH/c16-13-2-1-3-14(17)12(13)10-19-7-4-11(5-8-19)15-18-6-9-20-15;/h1-6,9H,7,10H2;1H/q+1;/p-1. The van der Waals surface area contributed by atoms with E-state index < -0.39 is 0 Å². The van der Waals surface area contributed by atoms with Crippen LogP contribution in [0.4, 0.5) is 0 Å². The minimum Gasteiger partial charge on any atom is -1.00 e. The third kappa shape index (κ3) is 3.85. The molecule has 0 spiro atoms. The second-order valence-electron chi connectivity index (χ2n) is 4.35. The van der Waals surface area contributed by atoms with E-state index in [0.717, 1.165) is 22.7 Å². The molecule has 3 rings (SSSR count). The second-order valence-corrected chi connectivity index (χ2v) is 6.06. The van der Waals surface area contributed by atoms with Crippen LogP contribution in [0, 0.1) is 6.20 Å². The molecule has 0 aliphatic carbocycles. The van der Waals surface area contributed by atoms with Crippen molar-refractivity contribution < 1.29 is 17.0 Å². The maximum atomic E-state index is 6.19. The van der Waals surface area contributed by atoms with E-state index in [-0.39, 0.29) is 17.0 Å². The molecule has 2 heterocycles. The van der Waals surface area contributed by atoms with Gasteiger partial charge in [0.1, 0.15) is 0 Å². The summed E-state index contributed by atoms with van der Waals surface area (Å²) in [5, 5.41) is 4.37. The van der Waals surface area contributed by atoms with Gasteiger partial charge in [-0.2, -0.15) is 0 Å². The van der Waals surface area contributed by atoms with Gasteiger partial charge in [0.2, 0.25) is 5.01 Å². The predicted molar refractivity (Wildman–Crippen MR) is 84.8 cm³/mol. The van der Waals surface area contributed by atoms with E-state index in [1.807, 2.05) is 40.8 Å². The van der Waals surface area contributed by atoms with Crippen LogP contribution in [0.5, 0.6) is 0 Å². The topological polar surface area (TPSA) is 16.1 Å². The SMILES string of the molecule is Clc1cccc(Cl)c1CN1[C+]=CC(c2nccs2)=CC1.[Br-]. The van der Waals surface area contributed by atoms with Crippen molar-refractivity contribution in [2.75, 3.05) is 6.54 Å². The van der Waals surface area contributed by atoms with Crippen molar-refractivity contribution in [3.63, 3.8) is 0 Å². The van der Waals surface area contributed by atoms with Crippen molar-refractivity contribution in [1.29, 1.82) is 0 Å². The molecule has 0 saturated carbocycles. The monoisotopic (exact) mass is 400 g/mol. The molecule has 21 heavy (non-hydrogen) atoms. The number of thiazole rings is 1. The van der Waals surface area contributed by atoms with Crippen molar-refractivity contribution in [3.05, 3.63) is 68.7 Å². The van der Waals surface area contributed by atoms with E-state index in [9.17, 15) is 0 Å². The predicted octanol–water partition coefficient (Wildman–Crippen LogP) is 1.67. The number of aromatic nitrogens is 1. The van der Waals surface area contributed by atoms with Gasteiger partial charge in [-0.1, -0.05) is 29.3 Å². The normalized spacial score (nSPS) is 13.4. The van der Waals surface area contributed by atoms with Crippen LogP contribution in [-0.2, 0) is 6.54 Å². The first kappa shape index (κ1) is 16.5. The van der Waals surface area contributed by atoms with E-state index in [0.29, 0.717) is 16.6 Å². The molecule has 1 aliphatic rings. The van der Waals surface area contributed by atoms with Crippen LogP contribution in [0.25, 0.3) is 5.57 Å². The number of hydrogen-bond donors (Lipinski definition) is 0. The van der Waals surface area contributed by atoms with Crippen molar-refractivity contribution >= 4 is 40.1 Å². The van der Waals surface area contributed by atoms with Gasteiger partial charge in [0.25, 0.3) is 0 Å². The molecule has 108 valence electrons. The molecule has 0 bridgehead atoms. The van der Waals surface area contributed by atoms with Crippen LogP contribution in [0.3, 0.4) is 0 Å². The Balaban J connectivity index is 0.00000161. The van der Waals surface area contributed by atoms with Gasteiger partial charge >= 0.3 is 0 Å². The van der Waals surface area contributed by atoms with Crippen LogP contribution in [0.1, 0.15) is 10.6 Å². The summed E-state index contributed by atoms with van der Waals surface area (Å²) in [5.41, 5.74) is 2.05. The summed E-state index contributed by atoms with van der Waals surface area (Å²) in [6.07, 6.45) is 9.15. The van der Waals surface area contributed by atoms with Crippen LogP contribution < -0.4 is 17.0 Å². The highest BCUT2D eigenvalue weighted by molar-refractivity contribution is 7.10. The summed E-state index contributed by atoms with van der Waals surface area (Å²) in [4.78, 5) is 6.34. The van der Waals surface area contributed by atoms with Gasteiger partial charge in [0.15, 0.2) is 17.8 Å². The quantitative estimate of drug-likeness (QED) is 0.727. The lowest BCUT2D eigenvalue weighted by Gasteiger charge is -2.15. The summed E-state index contributed by atoms with van der Waals surface area (Å²) < 4.78 is 0. The Morgan fingerprint density at radius 3 is 2.62 bits per heavy atom. The number of halogens is 3. The summed E-state index contributed by atoms with van der Waals surface area (Å²) in [7, 11) is 0. The Hall–Kier alpha value is -0.900. The maximum Gasteiger partial charge on any atom is 0.209 e. The lowest BCUT2D eigenvalue weighted by molar-refractivity contribution is -0.00000374. The third-order valence-electron chi connectivity index (χ3n) is 3.02. The van der Waals surface area contributed by atoms with Gasteiger partial charge < -0.3 is 17.0 Å². The molecular weight excluding hydrogens is 391 g/mol. The van der Waals surface area contributed by atoms with Crippen molar-refractivity contribution in [3.8, 4) is 0 Å². The lowest BCUT2D eigenvalue weighted by atomic mass is 10.1. The van der Waals surface area contributed by atoms with Crippen LogP contribution in [0.15, 0.2) is 41.9 Å². The maximum absolute atomic E-state index is 6.19. The van der Waals surface area contributed by atoms with Crippen LogP contribution >= 0.6 is 34.5 Å². The molecule has 0 atom stereocenters. The molecular formula is C15H11BrCl2N2S. The zero-order valence-electron chi connectivity index (χ0n) is 10.9. The zero-order chi connectivity index (χ0) is 13.9. The number of allylic oxidation sites excluding steroid dienone is 2. The Kier molecular flexibility index (Phi) is 5.80. The molecule has 2 nitrogen and oxygen atoms in total. The number of benzene rings is 1. The molecule has 0 unspecified atom stereocenters. The molecule has 0 N–H and O–H groups in total. The highest BCUT2D eigenvalue weighted by Crippen LogP contribution is 2.27. The molecule has 0 fully saturated rings. The highest BCUT2D eigenvalue weighted by atomic mass is 79.9. The largest absolute Gasteiger partial charge is 1.00 e. The minimum absolute atomic E-state index is 0. The van der Waals surface area contributed by atoms with Gasteiger partial charge in [0, 0.05) is 33.3 Å². The molecule has 0 amide bonds. The van der Waals surface area contributed by atoms with Crippen molar-refractivity contribution in [2.45, 2.75) is 6.54 Å². The average molecular weight is 402 g/mol. The van der Waals surface area contributed by atoms with Crippen LogP contribution in [-0.4, -0.2) is 16.4 Å². The van der Waals surface area contributed by atoms with E-state index in [1.54, 1.807) is 11.3 Å². The van der Waals surface area contributed by atoms with E-state index in [2.05, 4.69) is 17.3 Å². The first-order valence-corrected chi connectivity index (χ1v) is 7.75. The van der Waals surface area contributed by atoms with Crippen molar-refractivity contribution in [2.24, 2.45) is 0 Å². The molecule has 6 heteroatoms. The summed E-state index contributed by atoms with van der Waals surface area (Å²) in [6, 6.07) is 5.56. The fourth-order valence-electron chi connectivity index (χ4n) is 1.98. The first-order valence-electron chi connectivity index (χ1n) is 6.11. The van der Waals surface area contributed by atoms with Gasteiger partial charge in [-0.25, -0.2) is 9.88 Å². The fourth-order valence-corrected chi connectivity index (χ4v) is 3.15. The van der Waals surface area contributed by atoms with E-state index >= 15 is 0 Å². The molecule has 2 aromatic rings. The number of nitrogens with zero attached hydrogens (tertiary/aromatic N) is 2. The Bertz CT molecular complexity index is 648. The minimum atomic E-state index is 0. The van der Waals surface area contributed by atoms with Gasteiger partial charge in [0.05, 0.1) is 13.1 Å². The fraction of sp³-hybridized carbons (Fsp3) is 0.133. The van der Waals surface area contributed by atoms with Gasteiger partial charge in [-0.3, -0.25) is 0 Å². The number of hydrogen-bond acceptors (Lipinski definition) is 3. The molecule has 1 aromatic heterocycles. The third-order valence-corrected chi connectivity index (χ3v) is 4.55. The zero-order valence-corrected chi connectivity index (χ0v) is 14.8. The van der Waals surface area contributed by atoms with Gasteiger partial charge in [-0.05, 0) is 12.1 Å². The highest BCUT2D eigenvalue weighted by Gasteiger charge is 2.20.